The van der Waals surface area contributed by atoms with Gasteiger partial charge in [-0.3, -0.25) is 9.80 Å². The maximum atomic E-state index is 9.19. The smallest absolute Gasteiger partial charge is 0.235 e. The number of aliphatic hydroxyl groups is 3. The average molecular weight is 689 g/mol. The van der Waals surface area contributed by atoms with Crippen LogP contribution in [-0.4, -0.2) is 174 Å². The van der Waals surface area contributed by atoms with Gasteiger partial charge in [-0.05, 0) is 20.8 Å². The molecule has 0 spiro atoms. The first-order valence-corrected chi connectivity index (χ1v) is 15.7. The Balaban J connectivity index is 0.000000480. The van der Waals surface area contributed by atoms with Crippen LogP contribution in [0.2, 0.25) is 0 Å². The van der Waals surface area contributed by atoms with Crippen LogP contribution >= 0.6 is 0 Å². The van der Waals surface area contributed by atoms with Gasteiger partial charge in [0.15, 0.2) is 0 Å². The average Bonchev–Trinajstić information content (AvgIpc) is 3.09. The lowest BCUT2D eigenvalue weighted by molar-refractivity contribution is 0.0945. The van der Waals surface area contributed by atoms with Crippen molar-refractivity contribution in [2.45, 2.75) is 20.8 Å². The molecule has 2 aromatic rings. The molecule has 0 aliphatic carbocycles. The van der Waals surface area contributed by atoms with Crippen molar-refractivity contribution in [3.8, 4) is 0 Å². The fraction of sp³-hybridized carbons (Fsp3) is 0.786. The van der Waals surface area contributed by atoms with E-state index in [2.05, 4.69) is 35.2 Å². The Labute approximate surface area is 283 Å². The van der Waals surface area contributed by atoms with Gasteiger partial charge >= 0.3 is 0 Å². The van der Waals surface area contributed by atoms with Gasteiger partial charge in [0.25, 0.3) is 0 Å². The molecule has 0 bridgehead atoms. The van der Waals surface area contributed by atoms with Crippen molar-refractivity contribution in [2.24, 2.45) is 0 Å². The number of anilines is 6. The molecule has 276 valence electrons. The van der Waals surface area contributed by atoms with E-state index in [1.165, 1.54) is 0 Å². The fourth-order valence-corrected chi connectivity index (χ4v) is 3.60. The lowest BCUT2D eigenvalue weighted by atomic mass is 10.5. The summed E-state index contributed by atoms with van der Waals surface area (Å²) >= 11 is 0. The van der Waals surface area contributed by atoms with Gasteiger partial charge in [-0.15, -0.1) is 0 Å². The third-order valence-corrected chi connectivity index (χ3v) is 5.90. The zero-order valence-corrected chi connectivity index (χ0v) is 29.7. The van der Waals surface area contributed by atoms with Crippen molar-refractivity contribution in [1.82, 2.24) is 29.9 Å². The quantitative estimate of drug-likeness (QED) is 0.0944. The molecule has 2 heterocycles. The molecule has 0 aliphatic heterocycles. The van der Waals surface area contributed by atoms with E-state index in [4.69, 9.17) is 28.8 Å². The van der Waals surface area contributed by atoms with E-state index in [-0.39, 0.29) is 58.9 Å². The molecule has 20 nitrogen and oxygen atoms in total. The molecule has 0 radical (unpaired) electrons. The summed E-state index contributed by atoms with van der Waals surface area (Å²) in [6, 6.07) is 0. The Bertz CT molecular complexity index is 1060. The van der Waals surface area contributed by atoms with Gasteiger partial charge in [0.2, 0.25) is 35.7 Å². The third-order valence-electron chi connectivity index (χ3n) is 5.90. The van der Waals surface area contributed by atoms with Crippen LogP contribution in [0.5, 0.6) is 0 Å². The van der Waals surface area contributed by atoms with Crippen LogP contribution in [0.1, 0.15) is 20.8 Å². The van der Waals surface area contributed by atoms with Crippen molar-refractivity contribution in [2.75, 3.05) is 158 Å². The number of ether oxygens (including phenoxy) is 5. The molecule has 4 N–H and O–H groups in total. The zero-order valence-electron chi connectivity index (χ0n) is 29.7. The summed E-state index contributed by atoms with van der Waals surface area (Å²) in [5.74, 6) is 2.48. The fourth-order valence-electron chi connectivity index (χ4n) is 3.60. The predicted octanol–water partition coefficient (Wildman–Crippen LogP) is -0.757. The first-order valence-electron chi connectivity index (χ1n) is 15.7. The second-order valence-corrected chi connectivity index (χ2v) is 9.95. The summed E-state index contributed by atoms with van der Waals surface area (Å²) in [5, 5.41) is 30.2. The number of rotatable bonds is 25. The van der Waals surface area contributed by atoms with E-state index in [0.29, 0.717) is 69.8 Å². The Hall–Kier alpha value is -3.50. The maximum Gasteiger partial charge on any atom is 0.235 e. The first kappa shape index (κ1) is 42.5. The van der Waals surface area contributed by atoms with Crippen LogP contribution in [-0.2, 0) is 23.7 Å². The Morgan fingerprint density at radius 3 is 1.46 bits per heavy atom. The normalized spacial score (nSPS) is 10.7. The number of hydrogen-bond acceptors (Lipinski definition) is 20. The summed E-state index contributed by atoms with van der Waals surface area (Å²) in [5.41, 5.74) is 0. The van der Waals surface area contributed by atoms with Crippen molar-refractivity contribution in [3.05, 3.63) is 0 Å². The molecule has 0 saturated carbocycles. The number of hydrogen-bond donors (Lipinski definition) is 4. The van der Waals surface area contributed by atoms with Crippen LogP contribution in [0.25, 0.3) is 0 Å². The summed E-state index contributed by atoms with van der Waals surface area (Å²) < 4.78 is 26.7. The topological polar surface area (TPSA) is 212 Å². The van der Waals surface area contributed by atoms with Gasteiger partial charge < -0.3 is 59.0 Å². The molecule has 0 aromatic carbocycles. The highest BCUT2D eigenvalue weighted by atomic mass is 16.5. The first-order chi connectivity index (χ1) is 23.2. The minimum Gasteiger partial charge on any atom is -0.395 e. The van der Waals surface area contributed by atoms with Gasteiger partial charge in [0, 0.05) is 74.8 Å². The standard InChI is InChI=1S/C15H30N6O3.C13H26N6O5/c1-7-22-10-20(6)14-16-13(19(4)5)17-15(18-14)21(11-23-8-2)12-24-9-3;1-23-9-19(10-24-2)13-16-11(14-3-6-20)15-12(17-13)18(4-7-21)5-8-22/h7-12H2,1-6H3;20-22H,3-10H2,1-2H3,(H,14,15,16,17). The summed E-state index contributed by atoms with van der Waals surface area (Å²) in [7, 11) is 8.74. The van der Waals surface area contributed by atoms with Crippen molar-refractivity contribution >= 4 is 35.7 Å². The number of nitrogens with one attached hydrogen (secondary N) is 1. The van der Waals surface area contributed by atoms with Gasteiger partial charge in [0.1, 0.15) is 33.7 Å². The molecule has 20 heteroatoms. The Morgan fingerprint density at radius 1 is 0.542 bits per heavy atom. The third kappa shape index (κ3) is 15.6. The molecule has 0 atom stereocenters. The van der Waals surface area contributed by atoms with E-state index >= 15 is 0 Å². The van der Waals surface area contributed by atoms with Crippen molar-refractivity contribution < 1.29 is 39.0 Å². The minimum atomic E-state index is -0.111. The van der Waals surface area contributed by atoms with Gasteiger partial charge in [0.05, 0.1) is 19.8 Å². The summed E-state index contributed by atoms with van der Waals surface area (Å²) in [6.07, 6.45) is 0. The molecule has 0 fully saturated rings. The molecule has 0 unspecified atom stereocenters. The molecule has 0 amide bonds. The van der Waals surface area contributed by atoms with Crippen LogP contribution in [0, 0.1) is 0 Å². The second kappa shape index (κ2) is 25.5. The Morgan fingerprint density at radius 2 is 0.979 bits per heavy atom. The lowest BCUT2D eigenvalue weighted by Crippen LogP contribution is -2.34. The monoisotopic (exact) mass is 688 g/mol. The molecular weight excluding hydrogens is 632 g/mol. The van der Waals surface area contributed by atoms with Gasteiger partial charge in [-0.1, -0.05) is 0 Å². The molecule has 0 saturated heterocycles. The van der Waals surface area contributed by atoms with Crippen LogP contribution in [0.4, 0.5) is 35.7 Å². The van der Waals surface area contributed by atoms with Crippen LogP contribution in [0.3, 0.4) is 0 Å². The Kier molecular flexibility index (Phi) is 22.6. The number of aromatic nitrogens is 6. The summed E-state index contributed by atoms with van der Waals surface area (Å²) in [6.45, 7) is 9.68. The van der Waals surface area contributed by atoms with Crippen molar-refractivity contribution in [3.63, 3.8) is 0 Å². The predicted molar refractivity (Wildman–Crippen MR) is 183 cm³/mol. The van der Waals surface area contributed by atoms with E-state index in [9.17, 15) is 10.2 Å². The summed E-state index contributed by atoms with van der Waals surface area (Å²) in [4.78, 5) is 35.2. The molecular formula is C28H56N12O8. The van der Waals surface area contributed by atoms with Gasteiger partial charge in [-0.2, -0.15) is 29.9 Å². The zero-order chi connectivity index (χ0) is 35.7. The van der Waals surface area contributed by atoms with Crippen molar-refractivity contribution in [1.29, 1.82) is 0 Å². The molecule has 0 aliphatic rings. The van der Waals surface area contributed by atoms with E-state index in [1.807, 2.05) is 56.6 Å². The van der Waals surface area contributed by atoms with Crippen LogP contribution in [0.15, 0.2) is 0 Å². The number of aliphatic hydroxyl groups excluding tert-OH is 3. The largest absolute Gasteiger partial charge is 0.395 e. The maximum absolute atomic E-state index is 9.19. The van der Waals surface area contributed by atoms with Crippen LogP contribution < -0.4 is 29.8 Å². The molecule has 48 heavy (non-hydrogen) atoms. The minimum absolute atomic E-state index is 0.0762. The van der Waals surface area contributed by atoms with Gasteiger partial charge in [-0.25, -0.2) is 0 Å². The number of methoxy groups -OCH3 is 2. The van der Waals surface area contributed by atoms with E-state index in [0.717, 1.165) is 0 Å². The number of nitrogens with zero attached hydrogens (tertiary/aromatic N) is 11. The molecule has 2 rings (SSSR count). The lowest BCUT2D eigenvalue weighted by Gasteiger charge is -2.25. The highest BCUT2D eigenvalue weighted by molar-refractivity contribution is 5.46. The highest BCUT2D eigenvalue weighted by Crippen LogP contribution is 2.18. The second-order valence-electron chi connectivity index (χ2n) is 9.95. The molecule has 2 aromatic heterocycles. The highest BCUT2D eigenvalue weighted by Gasteiger charge is 2.18. The SMILES string of the molecule is CCOCN(C)c1nc(N(C)C)nc(N(COCC)COCC)n1.COCN(COC)c1nc(NCCO)nc(N(CCO)CCO)n1. The van der Waals surface area contributed by atoms with E-state index < -0.39 is 0 Å². The van der Waals surface area contributed by atoms with E-state index in [1.54, 1.807) is 24.0 Å².